The number of aromatic amines is 1. The largest absolute Gasteiger partial charge is 0.368 e. The zero-order chi connectivity index (χ0) is 23.5. The molecule has 0 aliphatic carbocycles. The van der Waals surface area contributed by atoms with Gasteiger partial charge in [-0.3, -0.25) is 0 Å². The van der Waals surface area contributed by atoms with E-state index in [1.54, 1.807) is 6.33 Å². The summed E-state index contributed by atoms with van der Waals surface area (Å²) in [7, 11) is 0. The monoisotopic (exact) mass is 464 g/mol. The Balaban J connectivity index is 1.56. The van der Waals surface area contributed by atoms with Gasteiger partial charge in [0.25, 0.3) is 0 Å². The summed E-state index contributed by atoms with van der Waals surface area (Å²) in [5.41, 5.74) is 8.55. The fraction of sp³-hybridized carbons (Fsp3) is 0.111. The molecule has 7 heteroatoms. The molecule has 0 spiro atoms. The van der Waals surface area contributed by atoms with Crippen LogP contribution in [0.2, 0.25) is 5.02 Å². The van der Waals surface area contributed by atoms with Crippen molar-refractivity contribution in [2.45, 2.75) is 13.3 Å². The van der Waals surface area contributed by atoms with Gasteiger partial charge in [-0.2, -0.15) is 5.26 Å². The van der Waals surface area contributed by atoms with E-state index < -0.39 is 0 Å². The van der Waals surface area contributed by atoms with E-state index in [1.807, 2.05) is 49.4 Å². The second kappa shape index (κ2) is 9.34. The maximum atomic E-state index is 9.22. The summed E-state index contributed by atoms with van der Waals surface area (Å²) in [5.74, 6) is 0.717. The van der Waals surface area contributed by atoms with E-state index in [0.717, 1.165) is 45.3 Å². The summed E-state index contributed by atoms with van der Waals surface area (Å²) in [4.78, 5) is 15.8. The van der Waals surface area contributed by atoms with Gasteiger partial charge >= 0.3 is 0 Å². The maximum absolute atomic E-state index is 9.22. The Hall–Kier alpha value is -4.21. The normalized spacial score (nSPS) is 10.9. The molecular weight excluding hydrogens is 444 g/mol. The smallest absolute Gasteiger partial charge is 0.182 e. The fourth-order valence-electron chi connectivity index (χ4n) is 4.22. The molecule has 2 aromatic heterocycles. The molecule has 0 atom stereocenters. The number of halogens is 1. The molecule has 0 unspecified atom stereocenters. The highest BCUT2D eigenvalue weighted by Gasteiger charge is 2.18. The number of imidazole rings is 1. The molecular formula is C27H21ClN6. The first kappa shape index (κ1) is 21.6. The van der Waals surface area contributed by atoms with Crippen LogP contribution >= 0.6 is 11.6 Å². The number of hydrogen-bond donors (Lipinski definition) is 2. The summed E-state index contributed by atoms with van der Waals surface area (Å²) >= 11 is 6.74. The maximum Gasteiger partial charge on any atom is 0.182 e. The molecule has 5 rings (SSSR count). The molecule has 2 N–H and O–H groups in total. The Bertz CT molecular complexity index is 1500. The number of nitrogens with zero attached hydrogens (tertiary/aromatic N) is 4. The lowest BCUT2D eigenvalue weighted by atomic mass is 9.86. The minimum Gasteiger partial charge on any atom is -0.368 e. The van der Waals surface area contributed by atoms with Crippen LogP contribution in [0.1, 0.15) is 16.7 Å². The second-order valence-electron chi connectivity index (χ2n) is 7.95. The molecule has 0 aliphatic rings. The first-order chi connectivity index (χ1) is 16.7. The van der Waals surface area contributed by atoms with Crippen molar-refractivity contribution in [3.8, 4) is 28.3 Å². The Morgan fingerprint density at radius 1 is 0.971 bits per heavy atom. The zero-order valence-electron chi connectivity index (χ0n) is 18.5. The van der Waals surface area contributed by atoms with Gasteiger partial charge in [0.1, 0.15) is 11.8 Å². The highest BCUT2D eigenvalue weighted by molar-refractivity contribution is 6.32. The van der Waals surface area contributed by atoms with Crippen molar-refractivity contribution in [1.29, 1.82) is 5.26 Å². The summed E-state index contributed by atoms with van der Waals surface area (Å²) in [6, 6.07) is 22.2. The van der Waals surface area contributed by atoms with Crippen molar-refractivity contribution < 1.29 is 0 Å². The van der Waals surface area contributed by atoms with E-state index in [1.165, 1.54) is 6.33 Å². The number of nitriles is 1. The van der Waals surface area contributed by atoms with E-state index in [0.29, 0.717) is 28.6 Å². The summed E-state index contributed by atoms with van der Waals surface area (Å²) < 4.78 is 0. The minimum absolute atomic E-state index is 0.629. The van der Waals surface area contributed by atoms with Gasteiger partial charge < -0.3 is 10.3 Å². The Morgan fingerprint density at radius 2 is 1.74 bits per heavy atom. The van der Waals surface area contributed by atoms with E-state index >= 15 is 0 Å². The average molecular weight is 465 g/mol. The summed E-state index contributed by atoms with van der Waals surface area (Å²) in [6.07, 6.45) is 3.85. The Labute approximate surface area is 202 Å². The number of rotatable bonds is 6. The highest BCUT2D eigenvalue weighted by Crippen LogP contribution is 2.41. The van der Waals surface area contributed by atoms with Gasteiger partial charge in [0.15, 0.2) is 11.5 Å². The van der Waals surface area contributed by atoms with Gasteiger partial charge in [0.2, 0.25) is 0 Å². The van der Waals surface area contributed by atoms with Crippen LogP contribution in [0.15, 0.2) is 73.3 Å². The quantitative estimate of drug-likeness (QED) is 0.313. The molecule has 0 fully saturated rings. The first-order valence-corrected chi connectivity index (χ1v) is 11.3. The number of hydrogen-bond acceptors (Lipinski definition) is 5. The van der Waals surface area contributed by atoms with Crippen LogP contribution in [0.4, 0.5) is 5.82 Å². The predicted molar refractivity (Wildman–Crippen MR) is 136 cm³/mol. The predicted octanol–water partition coefficient (Wildman–Crippen LogP) is 6.18. The molecule has 0 amide bonds. The van der Waals surface area contributed by atoms with Crippen LogP contribution in [0.5, 0.6) is 0 Å². The number of fused-ring (bicyclic) bond motifs is 1. The van der Waals surface area contributed by atoms with Gasteiger partial charge in [-0.15, -0.1) is 0 Å². The van der Waals surface area contributed by atoms with E-state index in [2.05, 4.69) is 49.5 Å². The third-order valence-electron chi connectivity index (χ3n) is 5.88. The number of H-pyrrole nitrogens is 1. The minimum atomic E-state index is 0.629. The van der Waals surface area contributed by atoms with E-state index in [-0.39, 0.29) is 0 Å². The Kier molecular flexibility index (Phi) is 5.94. The van der Waals surface area contributed by atoms with Crippen LogP contribution < -0.4 is 5.32 Å². The van der Waals surface area contributed by atoms with Gasteiger partial charge in [-0.25, -0.2) is 15.0 Å². The number of nitrogens with one attached hydrogen (secondary N) is 2. The summed E-state index contributed by atoms with van der Waals surface area (Å²) in [6.45, 7) is 2.69. The lowest BCUT2D eigenvalue weighted by molar-refractivity contribution is 1.01. The molecule has 0 aliphatic heterocycles. The second-order valence-corrected chi connectivity index (χ2v) is 8.36. The molecule has 3 aromatic carbocycles. The van der Waals surface area contributed by atoms with Crippen LogP contribution in [0, 0.1) is 18.3 Å². The van der Waals surface area contributed by atoms with Crippen molar-refractivity contribution in [3.05, 3.63) is 95.0 Å². The van der Waals surface area contributed by atoms with Gasteiger partial charge in [0.05, 0.1) is 18.0 Å². The van der Waals surface area contributed by atoms with Crippen LogP contribution in [0.3, 0.4) is 0 Å². The van der Waals surface area contributed by atoms with Crippen molar-refractivity contribution >= 4 is 28.6 Å². The van der Waals surface area contributed by atoms with E-state index in [9.17, 15) is 5.26 Å². The standard InChI is InChI=1S/C27H21ClN6/c1-17-22(28)13-21(11-12-30-26-25-27(32-15-31-25)34-16-33-26)24(19-5-3-2-4-6-19)23(17)20-9-7-18(14-29)8-10-20/h2-10,13,15-16H,11-12H2,1H3,(H2,30,31,32,33,34). The summed E-state index contributed by atoms with van der Waals surface area (Å²) in [5, 5.41) is 13.3. The first-order valence-electron chi connectivity index (χ1n) is 10.9. The molecule has 2 heterocycles. The number of anilines is 1. The molecule has 6 nitrogen and oxygen atoms in total. The SMILES string of the molecule is Cc1c(Cl)cc(CCNc2ncnc3nc[nH]c23)c(-c2ccccc2)c1-c1ccc(C#N)cc1. The lowest BCUT2D eigenvalue weighted by Crippen LogP contribution is -2.09. The molecule has 166 valence electrons. The van der Waals surface area contributed by atoms with Crippen molar-refractivity contribution in [2.24, 2.45) is 0 Å². The lowest BCUT2D eigenvalue weighted by Gasteiger charge is -2.20. The molecule has 0 saturated heterocycles. The molecule has 0 bridgehead atoms. The van der Waals surface area contributed by atoms with Crippen LogP contribution in [0.25, 0.3) is 33.4 Å². The third-order valence-corrected chi connectivity index (χ3v) is 6.27. The fourth-order valence-corrected chi connectivity index (χ4v) is 4.45. The van der Waals surface area contributed by atoms with Gasteiger partial charge in [-0.05, 0) is 64.9 Å². The number of benzene rings is 3. The highest BCUT2D eigenvalue weighted by atomic mass is 35.5. The molecule has 5 aromatic rings. The molecule has 34 heavy (non-hydrogen) atoms. The van der Waals surface area contributed by atoms with Crippen molar-refractivity contribution in [3.63, 3.8) is 0 Å². The van der Waals surface area contributed by atoms with Crippen molar-refractivity contribution in [1.82, 2.24) is 19.9 Å². The average Bonchev–Trinajstić information content (AvgIpc) is 3.36. The van der Waals surface area contributed by atoms with Gasteiger partial charge in [-0.1, -0.05) is 54.1 Å². The number of aromatic nitrogens is 4. The van der Waals surface area contributed by atoms with Gasteiger partial charge in [0, 0.05) is 11.6 Å². The van der Waals surface area contributed by atoms with Crippen LogP contribution in [-0.2, 0) is 6.42 Å². The molecule has 0 saturated carbocycles. The van der Waals surface area contributed by atoms with Crippen molar-refractivity contribution in [2.75, 3.05) is 11.9 Å². The zero-order valence-corrected chi connectivity index (χ0v) is 19.3. The topological polar surface area (TPSA) is 90.3 Å². The van der Waals surface area contributed by atoms with E-state index in [4.69, 9.17) is 11.6 Å². The third kappa shape index (κ3) is 4.09. The molecule has 0 radical (unpaired) electrons. The Morgan fingerprint density at radius 3 is 2.50 bits per heavy atom. The van der Waals surface area contributed by atoms with Crippen LogP contribution in [-0.4, -0.2) is 26.5 Å².